The average molecular weight is 514 g/mol. The Morgan fingerprint density at radius 2 is 1.10 bits per heavy atom. The van der Waals surface area contributed by atoms with Crippen LogP contribution in [0.15, 0.2) is 124 Å². The van der Waals surface area contributed by atoms with E-state index in [1.54, 1.807) is 0 Å². The summed E-state index contributed by atoms with van der Waals surface area (Å²) in [5, 5.41) is 7.08. The second-order valence-electron chi connectivity index (χ2n) is 10.0. The van der Waals surface area contributed by atoms with E-state index < -0.39 is 0 Å². The Hall–Kier alpha value is -5.55. The van der Waals surface area contributed by atoms with Gasteiger partial charge in [-0.1, -0.05) is 91.0 Å². The predicted molar refractivity (Wildman–Crippen MR) is 160 cm³/mol. The van der Waals surface area contributed by atoms with Crippen LogP contribution in [0.3, 0.4) is 0 Å². The molecular weight excluding hydrogens is 494 g/mol. The molecule has 0 atom stereocenters. The van der Waals surface area contributed by atoms with Gasteiger partial charge in [-0.15, -0.1) is 0 Å². The molecule has 0 saturated carbocycles. The zero-order valence-corrected chi connectivity index (χ0v) is 21.1. The van der Waals surface area contributed by atoms with Crippen molar-refractivity contribution >= 4 is 65.7 Å². The van der Waals surface area contributed by atoms with Crippen molar-refractivity contribution in [3.05, 3.63) is 115 Å². The van der Waals surface area contributed by atoms with Gasteiger partial charge in [-0.3, -0.25) is 0 Å². The molecule has 0 spiro atoms. The molecule has 186 valence electrons. The van der Waals surface area contributed by atoms with Crippen LogP contribution in [0, 0.1) is 0 Å². The lowest BCUT2D eigenvalue weighted by Gasteiger charge is -2.11. The standard InChI is InChI=1S/C35H19N3O2/c1-2-10-20(11-3-1)32-31-24-15-7-9-17-29(24)40-35(31)38-34(37-32)33-23-14-5-4-12-21(23)25-19-30-26(18-27(25)36-33)22-13-6-8-16-28(22)39-30/h1-19H. The smallest absolute Gasteiger partial charge is 0.231 e. The van der Waals surface area contributed by atoms with Gasteiger partial charge in [-0.2, -0.15) is 4.98 Å². The van der Waals surface area contributed by atoms with E-state index in [1.165, 1.54) is 0 Å². The van der Waals surface area contributed by atoms with Crippen molar-refractivity contribution < 1.29 is 8.83 Å². The van der Waals surface area contributed by atoms with E-state index in [1.807, 2.05) is 66.7 Å². The van der Waals surface area contributed by atoms with Gasteiger partial charge in [0.15, 0.2) is 5.82 Å². The molecule has 0 radical (unpaired) electrons. The summed E-state index contributed by atoms with van der Waals surface area (Å²) in [7, 11) is 0. The molecule has 4 heterocycles. The molecule has 0 amide bonds. The number of furan rings is 2. The first-order chi connectivity index (χ1) is 19.8. The second kappa shape index (κ2) is 7.98. The number of hydrogen-bond donors (Lipinski definition) is 0. The minimum absolute atomic E-state index is 0.528. The van der Waals surface area contributed by atoms with Crippen LogP contribution in [-0.4, -0.2) is 15.0 Å². The van der Waals surface area contributed by atoms with E-state index in [0.29, 0.717) is 11.5 Å². The molecule has 9 rings (SSSR count). The number of pyridine rings is 1. The second-order valence-corrected chi connectivity index (χ2v) is 10.0. The summed E-state index contributed by atoms with van der Waals surface area (Å²) in [6.07, 6.45) is 0. The number of fused-ring (bicyclic) bond motifs is 9. The first-order valence-corrected chi connectivity index (χ1v) is 13.2. The number of aromatic nitrogens is 3. The maximum Gasteiger partial charge on any atom is 0.231 e. The maximum absolute atomic E-state index is 6.28. The Balaban J connectivity index is 1.40. The summed E-state index contributed by atoms with van der Waals surface area (Å²) in [5.41, 5.74) is 6.45. The highest BCUT2D eigenvalue weighted by Gasteiger charge is 2.21. The molecular formula is C35H19N3O2. The van der Waals surface area contributed by atoms with Crippen LogP contribution < -0.4 is 0 Å². The number of rotatable bonds is 2. The third-order valence-corrected chi connectivity index (χ3v) is 7.70. The zero-order chi connectivity index (χ0) is 26.2. The number of benzene rings is 5. The minimum atomic E-state index is 0.528. The van der Waals surface area contributed by atoms with Gasteiger partial charge in [-0.25, -0.2) is 9.97 Å². The van der Waals surface area contributed by atoms with E-state index in [4.69, 9.17) is 23.8 Å². The van der Waals surface area contributed by atoms with Gasteiger partial charge >= 0.3 is 0 Å². The third kappa shape index (κ3) is 3.00. The molecule has 5 nitrogen and oxygen atoms in total. The van der Waals surface area contributed by atoms with E-state index in [-0.39, 0.29) is 0 Å². The summed E-state index contributed by atoms with van der Waals surface area (Å²) < 4.78 is 12.5. The average Bonchev–Trinajstić information content (AvgIpc) is 3.57. The lowest BCUT2D eigenvalue weighted by molar-refractivity contribution is 0.653. The van der Waals surface area contributed by atoms with Crippen LogP contribution in [0.25, 0.3) is 88.5 Å². The van der Waals surface area contributed by atoms with Crippen molar-refractivity contribution in [2.45, 2.75) is 0 Å². The molecule has 0 aliphatic carbocycles. The highest BCUT2D eigenvalue weighted by Crippen LogP contribution is 2.39. The van der Waals surface area contributed by atoms with Crippen LogP contribution in [0.2, 0.25) is 0 Å². The van der Waals surface area contributed by atoms with Gasteiger partial charge in [0, 0.05) is 32.5 Å². The minimum Gasteiger partial charge on any atom is -0.456 e. The topological polar surface area (TPSA) is 65.0 Å². The zero-order valence-electron chi connectivity index (χ0n) is 21.1. The van der Waals surface area contributed by atoms with Gasteiger partial charge in [0.2, 0.25) is 5.71 Å². The maximum atomic E-state index is 6.28. The highest BCUT2D eigenvalue weighted by molar-refractivity contribution is 6.17. The monoisotopic (exact) mass is 513 g/mol. The summed E-state index contributed by atoms with van der Waals surface area (Å²) >= 11 is 0. The fourth-order valence-electron chi connectivity index (χ4n) is 5.88. The largest absolute Gasteiger partial charge is 0.456 e. The summed E-state index contributed by atoms with van der Waals surface area (Å²) in [5.74, 6) is 0.528. The van der Waals surface area contributed by atoms with Gasteiger partial charge in [0.1, 0.15) is 22.4 Å². The Labute approximate surface area is 227 Å². The molecule has 40 heavy (non-hydrogen) atoms. The highest BCUT2D eigenvalue weighted by atomic mass is 16.3. The van der Waals surface area contributed by atoms with E-state index in [9.17, 15) is 0 Å². The normalized spacial score (nSPS) is 12.0. The van der Waals surface area contributed by atoms with Crippen molar-refractivity contribution in [3.8, 4) is 22.8 Å². The molecule has 4 aromatic heterocycles. The molecule has 0 aliphatic rings. The Morgan fingerprint density at radius 3 is 1.93 bits per heavy atom. The summed E-state index contributed by atoms with van der Waals surface area (Å²) in [6, 6.07) is 38.8. The number of hydrogen-bond acceptors (Lipinski definition) is 5. The molecule has 0 fully saturated rings. The van der Waals surface area contributed by atoms with Crippen LogP contribution >= 0.6 is 0 Å². The molecule has 0 unspecified atom stereocenters. The fraction of sp³-hybridized carbons (Fsp3) is 0. The van der Waals surface area contributed by atoms with E-state index in [0.717, 1.165) is 76.9 Å². The van der Waals surface area contributed by atoms with Crippen molar-refractivity contribution in [1.29, 1.82) is 0 Å². The van der Waals surface area contributed by atoms with E-state index >= 15 is 0 Å². The summed E-state index contributed by atoms with van der Waals surface area (Å²) in [6.45, 7) is 0. The first-order valence-electron chi connectivity index (χ1n) is 13.2. The first kappa shape index (κ1) is 21.4. The van der Waals surface area contributed by atoms with Crippen LogP contribution in [0.5, 0.6) is 0 Å². The lowest BCUT2D eigenvalue weighted by atomic mass is 10.0. The van der Waals surface area contributed by atoms with Gasteiger partial charge in [0.05, 0.1) is 16.6 Å². The molecule has 0 saturated heterocycles. The fourth-order valence-corrected chi connectivity index (χ4v) is 5.88. The van der Waals surface area contributed by atoms with Crippen LogP contribution in [0.1, 0.15) is 0 Å². The van der Waals surface area contributed by atoms with Gasteiger partial charge in [-0.05, 0) is 29.7 Å². The Bertz CT molecular complexity index is 2440. The van der Waals surface area contributed by atoms with Crippen molar-refractivity contribution in [3.63, 3.8) is 0 Å². The number of para-hydroxylation sites is 2. The predicted octanol–water partition coefficient (Wildman–Crippen LogP) is 9.31. The molecule has 5 aromatic carbocycles. The summed E-state index contributed by atoms with van der Waals surface area (Å²) in [4.78, 5) is 15.3. The van der Waals surface area contributed by atoms with Crippen LogP contribution in [0.4, 0.5) is 0 Å². The quantitative estimate of drug-likeness (QED) is 0.216. The molecule has 0 aliphatic heterocycles. The molecule has 0 N–H and O–H groups in total. The molecule has 5 heteroatoms. The number of nitrogens with zero attached hydrogens (tertiary/aromatic N) is 3. The van der Waals surface area contributed by atoms with Crippen molar-refractivity contribution in [1.82, 2.24) is 15.0 Å². The molecule has 0 bridgehead atoms. The van der Waals surface area contributed by atoms with Crippen molar-refractivity contribution in [2.24, 2.45) is 0 Å². The van der Waals surface area contributed by atoms with Gasteiger partial charge in [0.25, 0.3) is 0 Å². The van der Waals surface area contributed by atoms with Crippen molar-refractivity contribution in [2.75, 3.05) is 0 Å². The third-order valence-electron chi connectivity index (χ3n) is 7.70. The Morgan fingerprint density at radius 1 is 0.425 bits per heavy atom. The van der Waals surface area contributed by atoms with Crippen LogP contribution in [-0.2, 0) is 0 Å². The Kier molecular flexibility index (Phi) is 4.27. The van der Waals surface area contributed by atoms with Gasteiger partial charge < -0.3 is 8.83 Å². The SMILES string of the molecule is c1ccc(-c2nc(-c3nc4cc5c(cc4c4ccccc34)oc3ccccc35)nc3oc4ccccc4c23)cc1. The van der Waals surface area contributed by atoms with E-state index in [2.05, 4.69) is 48.5 Å². The lowest BCUT2D eigenvalue weighted by Crippen LogP contribution is -1.97. The molecule has 9 aromatic rings.